The van der Waals surface area contributed by atoms with Gasteiger partial charge in [0.25, 0.3) is 5.91 Å². The van der Waals surface area contributed by atoms with E-state index in [1.54, 1.807) is 38.3 Å². The Morgan fingerprint density at radius 2 is 1.68 bits per heavy atom. The normalized spacial score (nSPS) is 11.7. The Morgan fingerprint density at radius 1 is 1.00 bits per heavy atom. The number of carbonyl (C=O) groups is 2. The number of amides is 2. The summed E-state index contributed by atoms with van der Waals surface area (Å²) in [4.78, 5) is 24.6. The fraction of sp³-hybridized carbons (Fsp3) is 0.182. The average molecular weight is 441 g/mol. The maximum atomic E-state index is 12.3. The van der Waals surface area contributed by atoms with Crippen molar-refractivity contribution in [1.29, 1.82) is 0 Å². The zero-order chi connectivity index (χ0) is 20.1. The molecule has 0 aliphatic rings. The number of hydrogen-bond donors (Lipinski definition) is 2. The number of nitrogens with one attached hydrogen (secondary N) is 2. The second-order valence-electron chi connectivity index (χ2n) is 6.47. The number of fused-ring (bicyclic) bond motifs is 1. The maximum absolute atomic E-state index is 12.3. The van der Waals surface area contributed by atoms with E-state index in [4.69, 9.17) is 4.74 Å². The molecule has 2 N–H and O–H groups in total. The molecule has 28 heavy (non-hydrogen) atoms. The summed E-state index contributed by atoms with van der Waals surface area (Å²) in [7, 11) is 1.64. The predicted molar refractivity (Wildman–Crippen MR) is 113 cm³/mol. The van der Waals surface area contributed by atoms with E-state index in [0.717, 1.165) is 26.6 Å². The van der Waals surface area contributed by atoms with Crippen molar-refractivity contribution in [3.05, 3.63) is 76.3 Å². The van der Waals surface area contributed by atoms with Crippen molar-refractivity contribution in [2.45, 2.75) is 19.5 Å². The van der Waals surface area contributed by atoms with Crippen LogP contribution < -0.4 is 15.4 Å². The van der Waals surface area contributed by atoms with E-state index in [1.165, 1.54) is 0 Å². The molecule has 5 nitrogen and oxygen atoms in total. The summed E-state index contributed by atoms with van der Waals surface area (Å²) in [6.45, 7) is 2.05. The van der Waals surface area contributed by atoms with E-state index < -0.39 is 6.04 Å². The van der Waals surface area contributed by atoms with E-state index in [9.17, 15) is 9.59 Å². The van der Waals surface area contributed by atoms with Crippen LogP contribution in [0.2, 0.25) is 0 Å². The van der Waals surface area contributed by atoms with Crippen LogP contribution in [0.25, 0.3) is 10.8 Å². The highest BCUT2D eigenvalue weighted by atomic mass is 79.9. The van der Waals surface area contributed by atoms with Gasteiger partial charge in [-0.05, 0) is 65.7 Å². The Bertz CT molecular complexity index is 1000. The fourth-order valence-electron chi connectivity index (χ4n) is 2.80. The van der Waals surface area contributed by atoms with Crippen LogP contribution in [0.3, 0.4) is 0 Å². The minimum absolute atomic E-state index is 0.236. The first-order valence-corrected chi connectivity index (χ1v) is 9.66. The van der Waals surface area contributed by atoms with Crippen molar-refractivity contribution in [3.8, 4) is 5.75 Å². The topological polar surface area (TPSA) is 67.4 Å². The highest BCUT2D eigenvalue weighted by molar-refractivity contribution is 9.10. The molecule has 0 aromatic heterocycles. The SMILES string of the molecule is COc1ccc2cc(CNC(=O)C(C)NC(=O)c3ccc(Br)cc3)ccc2c1. The second kappa shape index (κ2) is 8.89. The van der Waals surface area contributed by atoms with Gasteiger partial charge in [0.05, 0.1) is 7.11 Å². The number of benzene rings is 3. The molecule has 0 heterocycles. The van der Waals surface area contributed by atoms with Gasteiger partial charge in [0.2, 0.25) is 5.91 Å². The smallest absolute Gasteiger partial charge is 0.251 e. The molecule has 0 saturated carbocycles. The Balaban J connectivity index is 1.57. The van der Waals surface area contributed by atoms with Crippen molar-refractivity contribution < 1.29 is 14.3 Å². The lowest BCUT2D eigenvalue weighted by Gasteiger charge is -2.14. The molecule has 0 radical (unpaired) electrons. The minimum Gasteiger partial charge on any atom is -0.497 e. The highest BCUT2D eigenvalue weighted by Crippen LogP contribution is 2.21. The van der Waals surface area contributed by atoms with Gasteiger partial charge in [0.1, 0.15) is 11.8 Å². The molecular formula is C22H21BrN2O3. The lowest BCUT2D eigenvalue weighted by atomic mass is 10.1. The Hall–Kier alpha value is -2.86. The number of rotatable bonds is 6. The first-order chi connectivity index (χ1) is 13.5. The van der Waals surface area contributed by atoms with E-state index in [-0.39, 0.29) is 11.8 Å². The average Bonchev–Trinajstić information content (AvgIpc) is 2.71. The Morgan fingerprint density at radius 3 is 2.39 bits per heavy atom. The van der Waals surface area contributed by atoms with Crippen LogP contribution in [0.15, 0.2) is 65.1 Å². The lowest BCUT2D eigenvalue weighted by molar-refractivity contribution is -0.122. The van der Waals surface area contributed by atoms with E-state index in [0.29, 0.717) is 12.1 Å². The van der Waals surface area contributed by atoms with Gasteiger partial charge in [0.15, 0.2) is 0 Å². The van der Waals surface area contributed by atoms with Crippen LogP contribution in [-0.2, 0) is 11.3 Å². The van der Waals surface area contributed by atoms with Gasteiger partial charge in [0, 0.05) is 16.6 Å². The summed E-state index contributed by atoms with van der Waals surface area (Å²) in [5, 5.41) is 7.73. The molecule has 0 spiro atoms. The molecule has 3 aromatic carbocycles. The van der Waals surface area contributed by atoms with Crippen molar-refractivity contribution in [3.63, 3.8) is 0 Å². The molecule has 1 atom stereocenters. The summed E-state index contributed by atoms with van der Waals surface area (Å²) in [5.74, 6) is 0.291. The predicted octanol–water partition coefficient (Wildman–Crippen LogP) is 4.05. The molecule has 0 saturated heterocycles. The van der Waals surface area contributed by atoms with Crippen LogP contribution in [0.5, 0.6) is 5.75 Å². The van der Waals surface area contributed by atoms with Crippen molar-refractivity contribution in [2.24, 2.45) is 0 Å². The monoisotopic (exact) mass is 440 g/mol. The van der Waals surface area contributed by atoms with Gasteiger partial charge in [-0.3, -0.25) is 9.59 Å². The van der Waals surface area contributed by atoms with Crippen LogP contribution >= 0.6 is 15.9 Å². The molecule has 2 amide bonds. The zero-order valence-corrected chi connectivity index (χ0v) is 17.2. The van der Waals surface area contributed by atoms with Crippen molar-refractivity contribution in [2.75, 3.05) is 7.11 Å². The number of halogens is 1. The van der Waals surface area contributed by atoms with Gasteiger partial charge in [-0.15, -0.1) is 0 Å². The zero-order valence-electron chi connectivity index (χ0n) is 15.7. The van der Waals surface area contributed by atoms with Gasteiger partial charge in [-0.1, -0.05) is 34.1 Å². The third-order valence-electron chi connectivity index (χ3n) is 4.43. The quantitative estimate of drug-likeness (QED) is 0.607. The molecule has 0 bridgehead atoms. The van der Waals surface area contributed by atoms with Gasteiger partial charge in [-0.2, -0.15) is 0 Å². The lowest BCUT2D eigenvalue weighted by Crippen LogP contribution is -2.44. The summed E-state index contributed by atoms with van der Waals surface area (Å²) in [6.07, 6.45) is 0. The molecule has 3 rings (SSSR count). The summed E-state index contributed by atoms with van der Waals surface area (Å²) < 4.78 is 6.13. The van der Waals surface area contributed by atoms with Crippen LogP contribution in [0, 0.1) is 0 Å². The number of methoxy groups -OCH3 is 1. The summed E-state index contributed by atoms with van der Waals surface area (Å²) in [6, 6.07) is 18.2. The van der Waals surface area contributed by atoms with Gasteiger partial charge in [-0.25, -0.2) is 0 Å². The number of hydrogen-bond acceptors (Lipinski definition) is 3. The first-order valence-electron chi connectivity index (χ1n) is 8.87. The molecule has 1 unspecified atom stereocenters. The summed E-state index contributed by atoms with van der Waals surface area (Å²) in [5.41, 5.74) is 1.49. The molecule has 3 aromatic rings. The van der Waals surface area contributed by atoms with Crippen molar-refractivity contribution >= 4 is 38.5 Å². The second-order valence-corrected chi connectivity index (χ2v) is 7.38. The van der Waals surface area contributed by atoms with Gasteiger partial charge >= 0.3 is 0 Å². The van der Waals surface area contributed by atoms with E-state index in [1.807, 2.05) is 36.4 Å². The van der Waals surface area contributed by atoms with E-state index >= 15 is 0 Å². The van der Waals surface area contributed by atoms with Crippen molar-refractivity contribution in [1.82, 2.24) is 10.6 Å². The van der Waals surface area contributed by atoms with Gasteiger partial charge < -0.3 is 15.4 Å². The third-order valence-corrected chi connectivity index (χ3v) is 4.95. The minimum atomic E-state index is -0.638. The third kappa shape index (κ3) is 4.89. The molecule has 0 aliphatic carbocycles. The standard InChI is InChI=1S/C22H21BrN2O3/c1-14(25-22(27)16-5-8-19(23)9-6-16)21(26)24-13-15-3-4-18-12-20(28-2)10-7-17(18)11-15/h3-12,14H,13H2,1-2H3,(H,24,26)(H,25,27). The molecule has 0 aliphatic heterocycles. The van der Waals surface area contributed by atoms with Crippen LogP contribution in [0.1, 0.15) is 22.8 Å². The molecule has 6 heteroatoms. The molecule has 144 valence electrons. The fourth-order valence-corrected chi connectivity index (χ4v) is 3.06. The Labute approximate surface area is 172 Å². The Kier molecular flexibility index (Phi) is 6.31. The number of carbonyl (C=O) groups excluding carboxylic acids is 2. The molecular weight excluding hydrogens is 420 g/mol. The number of ether oxygens (including phenoxy) is 1. The largest absolute Gasteiger partial charge is 0.497 e. The van der Waals surface area contributed by atoms with Crippen LogP contribution in [-0.4, -0.2) is 25.0 Å². The first kappa shape index (κ1) is 19.9. The highest BCUT2D eigenvalue weighted by Gasteiger charge is 2.16. The van der Waals surface area contributed by atoms with Crippen LogP contribution in [0.4, 0.5) is 0 Å². The molecule has 0 fully saturated rings. The van der Waals surface area contributed by atoms with E-state index in [2.05, 4.69) is 26.6 Å². The maximum Gasteiger partial charge on any atom is 0.251 e. The summed E-state index contributed by atoms with van der Waals surface area (Å²) >= 11 is 3.33.